The van der Waals surface area contributed by atoms with Gasteiger partial charge in [-0.1, -0.05) is 6.07 Å². The van der Waals surface area contributed by atoms with E-state index in [9.17, 15) is 9.59 Å². The molecule has 1 heterocycles. The van der Waals surface area contributed by atoms with Crippen molar-refractivity contribution in [3.8, 4) is 11.5 Å². The molecule has 1 aliphatic carbocycles. The van der Waals surface area contributed by atoms with Crippen LogP contribution < -0.4 is 5.32 Å². The molecule has 1 aromatic heterocycles. The molecule has 21 heavy (non-hydrogen) atoms. The molecule has 0 aliphatic heterocycles. The summed E-state index contributed by atoms with van der Waals surface area (Å²) in [6, 6.07) is 6.98. The second kappa shape index (κ2) is 4.73. The van der Waals surface area contributed by atoms with Crippen molar-refractivity contribution in [2.45, 2.75) is 19.8 Å². The molecule has 3 rings (SSSR count). The molecule has 6 nitrogen and oxygen atoms in total. The number of benzene rings is 1. The predicted octanol–water partition coefficient (Wildman–Crippen LogP) is 2.45. The lowest BCUT2D eigenvalue weighted by Crippen LogP contribution is -2.31. The summed E-state index contributed by atoms with van der Waals surface area (Å²) in [6.45, 7) is 1.82. The van der Waals surface area contributed by atoms with Crippen LogP contribution in [0.5, 0.6) is 0 Å². The van der Waals surface area contributed by atoms with Crippen LogP contribution in [-0.2, 0) is 9.59 Å². The zero-order valence-electron chi connectivity index (χ0n) is 11.4. The van der Waals surface area contributed by atoms with E-state index in [-0.39, 0.29) is 0 Å². The minimum Gasteiger partial charge on any atom is -0.480 e. The van der Waals surface area contributed by atoms with E-state index in [0.717, 1.165) is 11.3 Å². The van der Waals surface area contributed by atoms with E-state index in [0.29, 0.717) is 24.4 Å². The molecule has 0 saturated heterocycles. The fourth-order valence-electron chi connectivity index (χ4n) is 2.13. The van der Waals surface area contributed by atoms with E-state index in [1.807, 2.05) is 13.0 Å². The van der Waals surface area contributed by atoms with Gasteiger partial charge in [0.15, 0.2) is 0 Å². The minimum atomic E-state index is -1.25. The first-order valence-corrected chi connectivity index (χ1v) is 6.59. The van der Waals surface area contributed by atoms with Crippen LogP contribution in [-0.4, -0.2) is 22.0 Å². The average Bonchev–Trinajstić information content (AvgIpc) is 3.16. The van der Waals surface area contributed by atoms with E-state index in [4.69, 9.17) is 9.52 Å². The number of aliphatic carboxylic acids is 1. The van der Waals surface area contributed by atoms with E-state index in [1.54, 1.807) is 24.5 Å². The Bertz CT molecular complexity index is 716. The molecule has 0 unspecified atom stereocenters. The van der Waals surface area contributed by atoms with Gasteiger partial charge in [0.2, 0.25) is 11.8 Å². The van der Waals surface area contributed by atoms with Crippen LogP contribution >= 0.6 is 0 Å². The number of carboxylic acid groups (broad SMARTS) is 1. The van der Waals surface area contributed by atoms with Crippen molar-refractivity contribution in [3.63, 3.8) is 0 Å². The Labute approximate surface area is 120 Å². The van der Waals surface area contributed by atoms with Crippen LogP contribution in [0.25, 0.3) is 11.5 Å². The number of carbonyl (C=O) groups excluding carboxylic acids is 1. The Morgan fingerprint density at radius 1 is 1.38 bits per heavy atom. The minimum absolute atomic E-state index is 0.382. The standard InChI is InChI=1S/C15H14N2O4/c1-9-8-21-12(16-9)10-3-2-4-11(7-10)17-13(18)15(5-6-15)14(19)20/h2-4,7-8H,5-6H2,1H3,(H,17,18)(H,19,20). The number of hydrogen-bond acceptors (Lipinski definition) is 4. The van der Waals surface area contributed by atoms with Gasteiger partial charge in [-0.2, -0.15) is 0 Å². The third kappa shape index (κ3) is 2.40. The van der Waals surface area contributed by atoms with Gasteiger partial charge in [-0.25, -0.2) is 4.98 Å². The maximum absolute atomic E-state index is 12.1. The number of hydrogen-bond donors (Lipinski definition) is 2. The third-order valence-electron chi connectivity index (χ3n) is 3.58. The summed E-state index contributed by atoms with van der Waals surface area (Å²) >= 11 is 0. The zero-order valence-corrected chi connectivity index (χ0v) is 11.4. The third-order valence-corrected chi connectivity index (χ3v) is 3.58. The number of carbonyl (C=O) groups is 2. The quantitative estimate of drug-likeness (QED) is 0.842. The molecule has 0 bridgehead atoms. The molecule has 1 aliphatic rings. The van der Waals surface area contributed by atoms with Crippen LogP contribution in [0.1, 0.15) is 18.5 Å². The first kappa shape index (κ1) is 13.4. The smallest absolute Gasteiger partial charge is 0.319 e. The average molecular weight is 286 g/mol. The Morgan fingerprint density at radius 3 is 2.71 bits per heavy atom. The summed E-state index contributed by atoms with van der Waals surface area (Å²) in [4.78, 5) is 27.4. The highest BCUT2D eigenvalue weighted by Gasteiger charge is 2.57. The van der Waals surface area contributed by atoms with E-state index in [2.05, 4.69) is 10.3 Å². The van der Waals surface area contributed by atoms with Crippen molar-refractivity contribution in [3.05, 3.63) is 36.2 Å². The first-order chi connectivity index (χ1) is 10.0. The molecule has 6 heteroatoms. The van der Waals surface area contributed by atoms with Crippen LogP contribution in [0.4, 0.5) is 5.69 Å². The molecule has 1 amide bonds. The summed E-state index contributed by atoms with van der Waals surface area (Å²) in [5, 5.41) is 11.8. The summed E-state index contributed by atoms with van der Waals surface area (Å²) in [6.07, 6.45) is 2.31. The lowest BCUT2D eigenvalue weighted by molar-refractivity contribution is -0.147. The SMILES string of the molecule is Cc1coc(-c2cccc(NC(=O)C3(C(=O)O)CC3)c2)n1. The summed E-state index contributed by atoms with van der Waals surface area (Å²) < 4.78 is 5.31. The van der Waals surface area contributed by atoms with Crippen molar-refractivity contribution in [1.82, 2.24) is 4.98 Å². The van der Waals surface area contributed by atoms with Crippen molar-refractivity contribution in [2.75, 3.05) is 5.32 Å². The Hall–Kier alpha value is -2.63. The second-order valence-electron chi connectivity index (χ2n) is 5.22. The zero-order chi connectivity index (χ0) is 15.0. The largest absolute Gasteiger partial charge is 0.480 e. The number of rotatable bonds is 4. The maximum atomic E-state index is 12.1. The maximum Gasteiger partial charge on any atom is 0.319 e. The number of carboxylic acids is 1. The van der Waals surface area contributed by atoms with Crippen LogP contribution in [0.2, 0.25) is 0 Å². The molecule has 0 radical (unpaired) electrons. The van der Waals surface area contributed by atoms with Gasteiger partial charge in [0.1, 0.15) is 11.7 Å². The fraction of sp³-hybridized carbons (Fsp3) is 0.267. The highest BCUT2D eigenvalue weighted by molar-refractivity contribution is 6.10. The molecule has 2 aromatic rings. The number of nitrogens with zero attached hydrogens (tertiary/aromatic N) is 1. The van der Waals surface area contributed by atoms with Gasteiger partial charge in [0, 0.05) is 11.3 Å². The van der Waals surface area contributed by atoms with E-state index in [1.165, 1.54) is 0 Å². The van der Waals surface area contributed by atoms with Gasteiger partial charge in [-0.05, 0) is 38.0 Å². The molecule has 0 atom stereocenters. The van der Waals surface area contributed by atoms with Crippen molar-refractivity contribution < 1.29 is 19.1 Å². The number of nitrogens with one attached hydrogen (secondary N) is 1. The monoisotopic (exact) mass is 286 g/mol. The molecule has 1 saturated carbocycles. The van der Waals surface area contributed by atoms with Crippen molar-refractivity contribution in [2.24, 2.45) is 5.41 Å². The summed E-state index contributed by atoms with van der Waals surface area (Å²) in [7, 11) is 0. The second-order valence-corrected chi connectivity index (χ2v) is 5.22. The van der Waals surface area contributed by atoms with Gasteiger partial charge >= 0.3 is 5.97 Å². The van der Waals surface area contributed by atoms with Gasteiger partial charge in [0.25, 0.3) is 0 Å². The fourth-order valence-corrected chi connectivity index (χ4v) is 2.13. The normalized spacial score (nSPS) is 15.5. The summed E-state index contributed by atoms with van der Waals surface area (Å²) in [5.41, 5.74) is 0.763. The Balaban J connectivity index is 1.81. The van der Waals surface area contributed by atoms with Crippen LogP contribution in [0, 0.1) is 12.3 Å². The van der Waals surface area contributed by atoms with Gasteiger partial charge in [-0.15, -0.1) is 0 Å². The van der Waals surface area contributed by atoms with E-state index >= 15 is 0 Å². The molecule has 1 fully saturated rings. The van der Waals surface area contributed by atoms with E-state index < -0.39 is 17.3 Å². The lowest BCUT2D eigenvalue weighted by Gasteiger charge is -2.11. The van der Waals surface area contributed by atoms with Crippen molar-refractivity contribution in [1.29, 1.82) is 0 Å². The van der Waals surface area contributed by atoms with Gasteiger partial charge < -0.3 is 14.8 Å². The number of oxazole rings is 1. The number of amides is 1. The van der Waals surface area contributed by atoms with Crippen molar-refractivity contribution >= 4 is 17.6 Å². The van der Waals surface area contributed by atoms with Gasteiger partial charge in [-0.3, -0.25) is 9.59 Å². The van der Waals surface area contributed by atoms with Crippen LogP contribution in [0.3, 0.4) is 0 Å². The predicted molar refractivity (Wildman–Crippen MR) is 74.6 cm³/mol. The molecule has 2 N–H and O–H groups in total. The van der Waals surface area contributed by atoms with Crippen LogP contribution in [0.15, 0.2) is 34.9 Å². The highest BCUT2D eigenvalue weighted by Crippen LogP contribution is 2.46. The number of anilines is 1. The molecule has 108 valence electrons. The van der Waals surface area contributed by atoms with Gasteiger partial charge in [0.05, 0.1) is 5.69 Å². The summed E-state index contributed by atoms with van der Waals surface area (Å²) in [5.74, 6) is -1.09. The molecular weight excluding hydrogens is 272 g/mol. The topological polar surface area (TPSA) is 92.4 Å². The number of aryl methyl sites for hydroxylation is 1. The molecule has 1 aromatic carbocycles. The number of aromatic nitrogens is 1. The molecule has 0 spiro atoms. The molecular formula is C15H14N2O4. The highest BCUT2D eigenvalue weighted by atomic mass is 16.4. The Kier molecular flexibility index (Phi) is 3.01. The first-order valence-electron chi connectivity index (χ1n) is 6.59. The Morgan fingerprint density at radius 2 is 2.14 bits per heavy atom. The lowest BCUT2D eigenvalue weighted by atomic mass is 10.1.